The summed E-state index contributed by atoms with van der Waals surface area (Å²) in [5.41, 5.74) is 2.72. The summed E-state index contributed by atoms with van der Waals surface area (Å²) in [7, 11) is 0. The number of carbonyl (C=O) groups excluding carboxylic acids is 1. The molecular weight excluding hydrogens is 402 g/mol. The lowest BCUT2D eigenvalue weighted by Crippen LogP contribution is -2.33. The van der Waals surface area contributed by atoms with Gasteiger partial charge in [0.1, 0.15) is 0 Å². The van der Waals surface area contributed by atoms with Crippen LogP contribution in [-0.2, 0) is 11.2 Å². The monoisotopic (exact) mass is 439 g/mol. The molecule has 1 aliphatic carbocycles. The molecular formula is C26H37N3OS. The molecule has 0 bridgehead atoms. The molecule has 1 amide bonds. The Morgan fingerprint density at radius 3 is 2.84 bits per heavy atom. The number of aromatic nitrogens is 1. The molecule has 3 fully saturated rings. The second kappa shape index (κ2) is 9.58. The molecule has 4 nitrogen and oxygen atoms in total. The van der Waals surface area contributed by atoms with Crippen molar-refractivity contribution in [2.45, 2.75) is 68.7 Å². The van der Waals surface area contributed by atoms with E-state index >= 15 is 0 Å². The van der Waals surface area contributed by atoms with Gasteiger partial charge in [-0.3, -0.25) is 4.79 Å². The van der Waals surface area contributed by atoms with E-state index in [0.717, 1.165) is 32.4 Å². The summed E-state index contributed by atoms with van der Waals surface area (Å²) in [6, 6.07) is 7.42. The highest BCUT2D eigenvalue weighted by atomic mass is 32.2. The van der Waals surface area contributed by atoms with Crippen LogP contribution in [0.3, 0.4) is 0 Å². The number of aromatic amines is 1. The first-order chi connectivity index (χ1) is 15.2. The van der Waals surface area contributed by atoms with E-state index < -0.39 is 0 Å². The van der Waals surface area contributed by atoms with Gasteiger partial charge in [0.25, 0.3) is 0 Å². The van der Waals surface area contributed by atoms with E-state index in [9.17, 15) is 4.79 Å². The minimum absolute atomic E-state index is 0.361. The number of fused-ring (bicyclic) bond motifs is 2. The Morgan fingerprint density at radius 2 is 1.97 bits per heavy atom. The Morgan fingerprint density at radius 1 is 1.10 bits per heavy atom. The molecule has 3 atom stereocenters. The van der Waals surface area contributed by atoms with Crippen LogP contribution in [0.1, 0.15) is 56.9 Å². The number of nitrogens with zero attached hydrogens (tertiary/aromatic N) is 2. The molecule has 2 aliphatic heterocycles. The van der Waals surface area contributed by atoms with Gasteiger partial charge in [0, 0.05) is 47.0 Å². The van der Waals surface area contributed by atoms with Crippen LogP contribution in [0.15, 0.2) is 29.3 Å². The highest BCUT2D eigenvalue weighted by molar-refractivity contribution is 7.98. The quantitative estimate of drug-likeness (QED) is 0.447. The van der Waals surface area contributed by atoms with E-state index in [0.29, 0.717) is 23.8 Å². The van der Waals surface area contributed by atoms with Crippen LogP contribution in [0.2, 0.25) is 0 Å². The van der Waals surface area contributed by atoms with Crippen molar-refractivity contribution >= 4 is 28.6 Å². The minimum Gasteiger partial charge on any atom is -0.361 e. The maximum Gasteiger partial charge on any atom is 0.226 e. The number of hydrogen-bond acceptors (Lipinski definition) is 3. The molecule has 0 unspecified atom stereocenters. The van der Waals surface area contributed by atoms with Gasteiger partial charge in [-0.25, -0.2) is 0 Å². The predicted octanol–water partition coefficient (Wildman–Crippen LogP) is 5.33. The van der Waals surface area contributed by atoms with Crippen molar-refractivity contribution in [1.29, 1.82) is 0 Å². The van der Waals surface area contributed by atoms with E-state index in [4.69, 9.17) is 0 Å². The summed E-state index contributed by atoms with van der Waals surface area (Å²) < 4.78 is 0. The van der Waals surface area contributed by atoms with Gasteiger partial charge in [-0.05, 0) is 94.0 Å². The van der Waals surface area contributed by atoms with Crippen molar-refractivity contribution in [2.75, 3.05) is 32.4 Å². The van der Waals surface area contributed by atoms with Crippen LogP contribution in [-0.4, -0.2) is 59.2 Å². The Bertz CT molecular complexity index is 909. The summed E-state index contributed by atoms with van der Waals surface area (Å²) in [6.45, 7) is 4.42. The van der Waals surface area contributed by atoms with Gasteiger partial charge in [0.2, 0.25) is 5.91 Å². The number of amides is 1. The van der Waals surface area contributed by atoms with E-state index in [1.807, 2.05) is 11.8 Å². The molecule has 1 aromatic heterocycles. The van der Waals surface area contributed by atoms with E-state index in [1.165, 1.54) is 73.0 Å². The van der Waals surface area contributed by atoms with Gasteiger partial charge in [0.15, 0.2) is 0 Å². The first kappa shape index (κ1) is 21.4. The second-order valence-electron chi connectivity index (χ2n) is 9.90. The third kappa shape index (κ3) is 4.54. The Kier molecular flexibility index (Phi) is 6.61. The fraction of sp³-hybridized carbons (Fsp3) is 0.654. The Labute approximate surface area is 191 Å². The number of unbranched alkanes of at least 4 members (excludes halogenated alkanes) is 1. The van der Waals surface area contributed by atoms with Crippen LogP contribution in [0.5, 0.6) is 0 Å². The largest absolute Gasteiger partial charge is 0.361 e. The van der Waals surface area contributed by atoms with Crippen molar-refractivity contribution in [3.8, 4) is 0 Å². The smallest absolute Gasteiger partial charge is 0.226 e. The van der Waals surface area contributed by atoms with E-state index in [2.05, 4.69) is 45.4 Å². The van der Waals surface area contributed by atoms with Crippen LogP contribution in [0.25, 0.3) is 10.9 Å². The first-order valence-electron chi connectivity index (χ1n) is 12.4. The number of H-pyrrole nitrogens is 1. The average Bonchev–Trinajstić information content (AvgIpc) is 3.50. The summed E-state index contributed by atoms with van der Waals surface area (Å²) in [4.78, 5) is 22.4. The molecule has 168 valence electrons. The topological polar surface area (TPSA) is 39.3 Å². The zero-order chi connectivity index (χ0) is 21.2. The zero-order valence-electron chi connectivity index (χ0n) is 18.9. The molecule has 1 aromatic carbocycles. The fourth-order valence-corrected chi connectivity index (χ4v) is 6.75. The van der Waals surface area contributed by atoms with Gasteiger partial charge in [-0.2, -0.15) is 0 Å². The summed E-state index contributed by atoms with van der Waals surface area (Å²) >= 11 is 1.82. The summed E-state index contributed by atoms with van der Waals surface area (Å²) in [5, 5.41) is 1.40. The molecule has 0 spiro atoms. The maximum atomic E-state index is 12.7. The molecule has 1 N–H and O–H groups in total. The van der Waals surface area contributed by atoms with Gasteiger partial charge < -0.3 is 14.8 Å². The number of nitrogens with one attached hydrogen (secondary N) is 1. The zero-order valence-corrected chi connectivity index (χ0v) is 19.8. The van der Waals surface area contributed by atoms with Crippen LogP contribution in [0, 0.1) is 11.8 Å². The molecule has 5 heteroatoms. The molecule has 2 saturated heterocycles. The third-order valence-corrected chi connectivity index (χ3v) is 8.77. The lowest BCUT2D eigenvalue weighted by molar-refractivity contribution is -0.131. The molecule has 3 aliphatic rings. The van der Waals surface area contributed by atoms with Crippen molar-refractivity contribution in [3.63, 3.8) is 0 Å². The summed E-state index contributed by atoms with van der Waals surface area (Å²) in [5.74, 6) is 1.49. The number of carbonyl (C=O) groups is 1. The average molecular weight is 440 g/mol. The minimum atomic E-state index is 0.361. The van der Waals surface area contributed by atoms with Gasteiger partial charge in [-0.15, -0.1) is 11.8 Å². The number of likely N-dealkylation sites (tertiary alicyclic amines) is 2. The summed E-state index contributed by atoms with van der Waals surface area (Å²) in [6.07, 6.45) is 15.5. The second-order valence-corrected chi connectivity index (χ2v) is 10.8. The highest BCUT2D eigenvalue weighted by Crippen LogP contribution is 2.37. The Hall–Kier alpha value is -1.46. The van der Waals surface area contributed by atoms with Gasteiger partial charge in [0.05, 0.1) is 0 Å². The normalized spacial score (nSPS) is 26.8. The number of benzene rings is 1. The SMILES string of the molecule is CSc1ccc2[nH]cc(C[C@H]3CCCN3CCCCN3C[C@H]4CCCC[C@@H]4C3=O)c2c1. The maximum absolute atomic E-state index is 12.7. The third-order valence-electron chi connectivity index (χ3n) is 8.05. The van der Waals surface area contributed by atoms with Gasteiger partial charge >= 0.3 is 0 Å². The molecule has 5 rings (SSSR count). The molecule has 3 heterocycles. The van der Waals surface area contributed by atoms with Crippen LogP contribution in [0.4, 0.5) is 0 Å². The van der Waals surface area contributed by atoms with E-state index in [-0.39, 0.29) is 0 Å². The molecule has 2 aromatic rings. The fourth-order valence-electron chi connectivity index (χ4n) is 6.31. The van der Waals surface area contributed by atoms with Crippen LogP contribution < -0.4 is 0 Å². The number of hydrogen-bond donors (Lipinski definition) is 1. The molecule has 0 radical (unpaired) electrons. The predicted molar refractivity (Wildman–Crippen MR) is 130 cm³/mol. The van der Waals surface area contributed by atoms with Crippen LogP contribution >= 0.6 is 11.8 Å². The lowest BCUT2D eigenvalue weighted by Gasteiger charge is -2.25. The van der Waals surface area contributed by atoms with Crippen molar-refractivity contribution in [2.24, 2.45) is 11.8 Å². The van der Waals surface area contributed by atoms with Crippen molar-refractivity contribution in [1.82, 2.24) is 14.8 Å². The highest BCUT2D eigenvalue weighted by Gasteiger charge is 2.40. The molecule has 1 saturated carbocycles. The van der Waals surface area contributed by atoms with E-state index in [1.54, 1.807) is 0 Å². The van der Waals surface area contributed by atoms with Gasteiger partial charge in [-0.1, -0.05) is 12.8 Å². The number of rotatable bonds is 8. The lowest BCUT2D eigenvalue weighted by atomic mass is 9.81. The Balaban J connectivity index is 1.12. The molecule has 31 heavy (non-hydrogen) atoms. The standard InChI is InChI=1S/C26H37N3OS/c1-31-22-10-11-25-24(16-22)20(17-27-25)15-21-8-6-14-28(21)12-4-5-13-29-18-19-7-2-3-9-23(19)26(29)30/h10-11,16-17,19,21,23,27H,2-9,12-15,18H2,1H3/t19-,21-,23+/m1/s1. The number of thioether (sulfide) groups is 1. The van der Waals surface area contributed by atoms with Crippen molar-refractivity contribution in [3.05, 3.63) is 30.0 Å². The first-order valence-corrected chi connectivity index (χ1v) is 13.6. The van der Waals surface area contributed by atoms with Crippen molar-refractivity contribution < 1.29 is 4.79 Å².